The molecule has 0 aliphatic carbocycles. The van der Waals surface area contributed by atoms with Gasteiger partial charge in [-0.1, -0.05) is 12.1 Å². The first-order chi connectivity index (χ1) is 9.25. The summed E-state index contributed by atoms with van der Waals surface area (Å²) in [5.74, 6) is 0.768. The van der Waals surface area contributed by atoms with Crippen molar-refractivity contribution in [2.45, 2.75) is 25.4 Å². The second-order valence-electron chi connectivity index (χ2n) is 5.14. The van der Waals surface area contributed by atoms with Crippen molar-refractivity contribution in [3.63, 3.8) is 0 Å². The van der Waals surface area contributed by atoms with E-state index in [4.69, 9.17) is 15.2 Å². The van der Waals surface area contributed by atoms with E-state index in [1.54, 1.807) is 0 Å². The van der Waals surface area contributed by atoms with Gasteiger partial charge in [0.1, 0.15) is 12.4 Å². The first-order valence-electron chi connectivity index (χ1n) is 7.03. The number of nitrogens with two attached hydrogens (primary N) is 1. The van der Waals surface area contributed by atoms with Gasteiger partial charge in [-0.05, 0) is 38.4 Å². The van der Waals surface area contributed by atoms with Gasteiger partial charge in [-0.15, -0.1) is 0 Å². The Kier molecular flexibility index (Phi) is 5.48. The fraction of sp³-hybridized carbons (Fsp3) is 0.600. The van der Waals surface area contributed by atoms with Crippen LogP contribution in [0.25, 0.3) is 0 Å². The van der Waals surface area contributed by atoms with E-state index < -0.39 is 0 Å². The quantitative estimate of drug-likeness (QED) is 0.800. The van der Waals surface area contributed by atoms with Crippen molar-refractivity contribution in [2.75, 3.05) is 39.1 Å². The van der Waals surface area contributed by atoms with Gasteiger partial charge in [-0.25, -0.2) is 0 Å². The third kappa shape index (κ3) is 4.73. The summed E-state index contributed by atoms with van der Waals surface area (Å²) in [5.41, 5.74) is 6.52. The first kappa shape index (κ1) is 14.2. The summed E-state index contributed by atoms with van der Waals surface area (Å²) in [6.45, 7) is 3.43. The van der Waals surface area contributed by atoms with Crippen molar-refractivity contribution >= 4 is 5.69 Å². The molecule has 0 amide bonds. The number of hydrogen-bond acceptors (Lipinski definition) is 4. The minimum atomic E-state index is 0.389. The minimum Gasteiger partial charge on any atom is -0.490 e. The van der Waals surface area contributed by atoms with E-state index in [0.29, 0.717) is 18.4 Å². The number of ether oxygens (including phenoxy) is 2. The Hall–Kier alpha value is -1.26. The summed E-state index contributed by atoms with van der Waals surface area (Å²) in [5, 5.41) is 0. The van der Waals surface area contributed by atoms with E-state index >= 15 is 0 Å². The molecule has 1 saturated heterocycles. The maximum absolute atomic E-state index is 5.83. The molecule has 0 spiro atoms. The van der Waals surface area contributed by atoms with Crippen LogP contribution in [0.3, 0.4) is 0 Å². The van der Waals surface area contributed by atoms with Crippen LogP contribution < -0.4 is 10.5 Å². The molecule has 1 aromatic carbocycles. The third-order valence-electron chi connectivity index (χ3n) is 3.44. The highest BCUT2D eigenvalue weighted by Crippen LogP contribution is 2.19. The molecule has 1 aromatic rings. The van der Waals surface area contributed by atoms with Crippen LogP contribution in [0.5, 0.6) is 5.75 Å². The Labute approximate surface area is 115 Å². The molecule has 1 aliphatic heterocycles. The van der Waals surface area contributed by atoms with Crippen LogP contribution in [0.15, 0.2) is 24.3 Å². The van der Waals surface area contributed by atoms with Crippen LogP contribution in [0, 0.1) is 0 Å². The Morgan fingerprint density at radius 3 is 2.95 bits per heavy atom. The maximum Gasteiger partial charge on any atom is 0.142 e. The SMILES string of the molecule is CN(CCOc1ccccc1N)CC1CCCCO1. The molecular weight excluding hydrogens is 240 g/mol. The number of rotatable bonds is 6. The lowest BCUT2D eigenvalue weighted by molar-refractivity contribution is -0.00281. The van der Waals surface area contributed by atoms with Crippen LogP contribution in [0.1, 0.15) is 19.3 Å². The Balaban J connectivity index is 1.66. The van der Waals surface area contributed by atoms with Gasteiger partial charge in [-0.2, -0.15) is 0 Å². The summed E-state index contributed by atoms with van der Waals surface area (Å²) in [7, 11) is 2.11. The van der Waals surface area contributed by atoms with Crippen LogP contribution in [-0.4, -0.2) is 44.4 Å². The predicted octanol–water partition coefficient (Wildman–Crippen LogP) is 2.15. The van der Waals surface area contributed by atoms with E-state index in [9.17, 15) is 0 Å². The van der Waals surface area contributed by atoms with E-state index in [-0.39, 0.29) is 0 Å². The molecule has 4 nitrogen and oxygen atoms in total. The molecule has 1 heterocycles. The van der Waals surface area contributed by atoms with Crippen molar-refractivity contribution in [3.8, 4) is 5.75 Å². The number of nitrogen functional groups attached to an aromatic ring is 1. The van der Waals surface area contributed by atoms with Crippen molar-refractivity contribution in [3.05, 3.63) is 24.3 Å². The second kappa shape index (κ2) is 7.36. The van der Waals surface area contributed by atoms with Gasteiger partial charge in [-0.3, -0.25) is 0 Å². The molecule has 2 rings (SSSR count). The molecule has 0 bridgehead atoms. The molecule has 19 heavy (non-hydrogen) atoms. The standard InChI is InChI=1S/C15H24N2O2/c1-17(12-13-6-4-5-10-18-13)9-11-19-15-8-3-2-7-14(15)16/h2-3,7-8,13H,4-6,9-12,16H2,1H3. The number of likely N-dealkylation sites (N-methyl/N-ethyl adjacent to an activating group) is 1. The van der Waals surface area contributed by atoms with E-state index in [0.717, 1.165) is 25.4 Å². The molecule has 0 aromatic heterocycles. The highest BCUT2D eigenvalue weighted by atomic mass is 16.5. The van der Waals surface area contributed by atoms with Gasteiger partial charge in [0.25, 0.3) is 0 Å². The van der Waals surface area contributed by atoms with Gasteiger partial charge in [0, 0.05) is 19.7 Å². The highest BCUT2D eigenvalue weighted by molar-refractivity contribution is 5.51. The molecule has 1 fully saturated rings. The number of para-hydroxylation sites is 2. The summed E-state index contributed by atoms with van der Waals surface area (Å²) >= 11 is 0. The molecule has 0 radical (unpaired) electrons. The average molecular weight is 264 g/mol. The van der Waals surface area contributed by atoms with Crippen molar-refractivity contribution in [1.82, 2.24) is 4.90 Å². The van der Waals surface area contributed by atoms with Crippen molar-refractivity contribution < 1.29 is 9.47 Å². The highest BCUT2D eigenvalue weighted by Gasteiger charge is 2.15. The monoisotopic (exact) mass is 264 g/mol. The maximum atomic E-state index is 5.83. The first-order valence-corrected chi connectivity index (χ1v) is 7.03. The summed E-state index contributed by atoms with van der Waals surface area (Å²) in [4.78, 5) is 2.26. The summed E-state index contributed by atoms with van der Waals surface area (Å²) in [6, 6.07) is 7.61. The zero-order valence-corrected chi connectivity index (χ0v) is 11.7. The zero-order chi connectivity index (χ0) is 13.5. The zero-order valence-electron chi connectivity index (χ0n) is 11.7. The normalized spacial score (nSPS) is 19.6. The van der Waals surface area contributed by atoms with Crippen LogP contribution in [0.2, 0.25) is 0 Å². The lowest BCUT2D eigenvalue weighted by Crippen LogP contribution is -2.35. The van der Waals surface area contributed by atoms with Gasteiger partial charge >= 0.3 is 0 Å². The van der Waals surface area contributed by atoms with Gasteiger partial charge < -0.3 is 20.1 Å². The molecule has 0 saturated carbocycles. The third-order valence-corrected chi connectivity index (χ3v) is 3.44. The fourth-order valence-electron chi connectivity index (χ4n) is 2.31. The van der Waals surface area contributed by atoms with Crippen molar-refractivity contribution in [1.29, 1.82) is 0 Å². The van der Waals surface area contributed by atoms with E-state index in [2.05, 4.69) is 11.9 Å². The summed E-state index contributed by atoms with van der Waals surface area (Å²) < 4.78 is 11.4. The number of hydrogen-bond donors (Lipinski definition) is 1. The van der Waals surface area contributed by atoms with Gasteiger partial charge in [0.15, 0.2) is 0 Å². The summed E-state index contributed by atoms with van der Waals surface area (Å²) in [6.07, 6.45) is 4.06. The molecule has 106 valence electrons. The minimum absolute atomic E-state index is 0.389. The molecule has 2 N–H and O–H groups in total. The lowest BCUT2D eigenvalue weighted by Gasteiger charge is -2.27. The smallest absolute Gasteiger partial charge is 0.142 e. The predicted molar refractivity (Wildman–Crippen MR) is 77.4 cm³/mol. The topological polar surface area (TPSA) is 47.7 Å². The molecule has 1 unspecified atom stereocenters. The van der Waals surface area contributed by atoms with Crippen LogP contribution in [0.4, 0.5) is 5.69 Å². The van der Waals surface area contributed by atoms with Crippen molar-refractivity contribution in [2.24, 2.45) is 0 Å². The average Bonchev–Trinajstić information content (AvgIpc) is 2.42. The fourth-order valence-corrected chi connectivity index (χ4v) is 2.31. The van der Waals surface area contributed by atoms with Crippen LogP contribution in [-0.2, 0) is 4.74 Å². The molecule has 1 atom stereocenters. The largest absolute Gasteiger partial charge is 0.490 e. The van der Waals surface area contributed by atoms with Crippen LogP contribution >= 0.6 is 0 Å². The lowest BCUT2D eigenvalue weighted by atomic mass is 10.1. The van der Waals surface area contributed by atoms with E-state index in [1.165, 1.54) is 19.3 Å². The van der Waals surface area contributed by atoms with Gasteiger partial charge in [0.05, 0.1) is 11.8 Å². The number of anilines is 1. The Morgan fingerprint density at radius 2 is 2.21 bits per heavy atom. The molecular formula is C15H24N2O2. The second-order valence-corrected chi connectivity index (χ2v) is 5.14. The Bertz CT molecular complexity index is 378. The molecule has 4 heteroatoms. The Morgan fingerprint density at radius 1 is 1.37 bits per heavy atom. The number of nitrogens with zero attached hydrogens (tertiary/aromatic N) is 1. The molecule has 1 aliphatic rings. The van der Waals surface area contributed by atoms with Gasteiger partial charge in [0.2, 0.25) is 0 Å². The van der Waals surface area contributed by atoms with E-state index in [1.807, 2.05) is 24.3 Å². The number of benzene rings is 1.